The van der Waals surface area contributed by atoms with Crippen LogP contribution in [0.4, 0.5) is 0 Å². The van der Waals surface area contributed by atoms with Gasteiger partial charge < -0.3 is 10.6 Å². The minimum Gasteiger partial charge on any atom is -0.356 e. The van der Waals surface area contributed by atoms with Crippen LogP contribution in [0, 0.1) is 12.8 Å². The Balaban J connectivity index is 0.00000200. The molecule has 1 aliphatic rings. The molecule has 1 unspecified atom stereocenters. The molecule has 1 aromatic carbocycles. The van der Waals surface area contributed by atoms with E-state index < -0.39 is 0 Å². The number of benzene rings is 1. The average Bonchev–Trinajstić information content (AvgIpc) is 2.91. The van der Waals surface area contributed by atoms with Gasteiger partial charge in [-0.05, 0) is 56.3 Å². The fraction of sp³-hybridized carbons (Fsp3) is 0.562. The topological polar surface area (TPSA) is 41.1 Å². The number of hydrogen-bond acceptors (Lipinski definition) is 2. The van der Waals surface area contributed by atoms with Crippen LogP contribution in [-0.2, 0) is 11.2 Å². The van der Waals surface area contributed by atoms with Crippen LogP contribution < -0.4 is 10.6 Å². The van der Waals surface area contributed by atoms with Crippen LogP contribution in [0.3, 0.4) is 0 Å². The van der Waals surface area contributed by atoms with Gasteiger partial charge in [-0.25, -0.2) is 0 Å². The van der Waals surface area contributed by atoms with Gasteiger partial charge >= 0.3 is 0 Å². The first-order chi connectivity index (χ1) is 9.25. The number of aryl methyl sites for hydroxylation is 2. The van der Waals surface area contributed by atoms with E-state index in [9.17, 15) is 4.79 Å². The fourth-order valence-corrected chi connectivity index (χ4v) is 2.60. The molecule has 0 saturated carbocycles. The van der Waals surface area contributed by atoms with Gasteiger partial charge in [-0.15, -0.1) is 12.4 Å². The Hall–Kier alpha value is -1.06. The Kier molecular flexibility index (Phi) is 7.63. The normalized spacial score (nSPS) is 17.6. The van der Waals surface area contributed by atoms with Crippen molar-refractivity contribution in [1.82, 2.24) is 10.6 Å². The Morgan fingerprint density at radius 3 is 2.90 bits per heavy atom. The van der Waals surface area contributed by atoms with Crippen molar-refractivity contribution in [2.75, 3.05) is 19.6 Å². The predicted molar refractivity (Wildman–Crippen MR) is 85.4 cm³/mol. The maximum atomic E-state index is 11.8. The molecular weight excluding hydrogens is 272 g/mol. The van der Waals surface area contributed by atoms with E-state index in [-0.39, 0.29) is 18.3 Å². The van der Waals surface area contributed by atoms with Crippen molar-refractivity contribution in [1.29, 1.82) is 0 Å². The molecule has 0 bridgehead atoms. The molecule has 2 N–H and O–H groups in total. The molecule has 0 spiro atoms. The largest absolute Gasteiger partial charge is 0.356 e. The van der Waals surface area contributed by atoms with Gasteiger partial charge in [0.25, 0.3) is 0 Å². The van der Waals surface area contributed by atoms with E-state index in [4.69, 9.17) is 0 Å². The number of nitrogens with one attached hydrogen (secondary N) is 2. The van der Waals surface area contributed by atoms with Crippen molar-refractivity contribution >= 4 is 18.3 Å². The monoisotopic (exact) mass is 296 g/mol. The number of carbonyl (C=O) groups excluding carboxylic acids is 1. The molecule has 1 heterocycles. The molecule has 1 aliphatic heterocycles. The Labute approximate surface area is 127 Å². The first-order valence-corrected chi connectivity index (χ1v) is 7.27. The summed E-state index contributed by atoms with van der Waals surface area (Å²) in [5.74, 6) is 0.922. The molecule has 3 nitrogen and oxygen atoms in total. The Bertz CT molecular complexity index is 417. The fourth-order valence-electron chi connectivity index (χ4n) is 2.60. The van der Waals surface area contributed by atoms with E-state index in [0.29, 0.717) is 6.42 Å². The molecule has 0 radical (unpaired) electrons. The number of hydrogen-bond donors (Lipinski definition) is 2. The minimum atomic E-state index is 0. The summed E-state index contributed by atoms with van der Waals surface area (Å²) >= 11 is 0. The number of rotatable bonds is 6. The zero-order valence-electron chi connectivity index (χ0n) is 12.2. The molecule has 20 heavy (non-hydrogen) atoms. The van der Waals surface area contributed by atoms with Crippen molar-refractivity contribution in [2.45, 2.75) is 32.6 Å². The second-order valence-electron chi connectivity index (χ2n) is 5.42. The lowest BCUT2D eigenvalue weighted by atomic mass is 10.0. The quantitative estimate of drug-likeness (QED) is 0.847. The van der Waals surface area contributed by atoms with Crippen LogP contribution >= 0.6 is 12.4 Å². The van der Waals surface area contributed by atoms with Gasteiger partial charge in [-0.1, -0.05) is 24.3 Å². The summed E-state index contributed by atoms with van der Waals surface area (Å²) in [5.41, 5.74) is 2.55. The third-order valence-electron chi connectivity index (χ3n) is 3.92. The maximum Gasteiger partial charge on any atom is 0.220 e. The highest BCUT2D eigenvalue weighted by Gasteiger charge is 2.14. The second kappa shape index (κ2) is 8.98. The van der Waals surface area contributed by atoms with E-state index in [1.165, 1.54) is 17.5 Å². The predicted octanol–water partition coefficient (Wildman–Crippen LogP) is 2.47. The number of halogens is 1. The van der Waals surface area contributed by atoms with Gasteiger partial charge in [-0.3, -0.25) is 4.79 Å². The zero-order valence-corrected chi connectivity index (χ0v) is 13.0. The SMILES string of the molecule is Cc1ccccc1CCC(=O)NCCC1CCNC1.Cl. The zero-order chi connectivity index (χ0) is 13.5. The summed E-state index contributed by atoms with van der Waals surface area (Å²) in [4.78, 5) is 11.8. The van der Waals surface area contributed by atoms with Gasteiger partial charge in [0.05, 0.1) is 0 Å². The molecular formula is C16H25ClN2O. The standard InChI is InChI=1S/C16H24N2O.ClH/c1-13-4-2-3-5-15(13)6-7-16(19)18-11-9-14-8-10-17-12-14;/h2-5,14,17H,6-12H2,1H3,(H,18,19);1H. The van der Waals surface area contributed by atoms with Crippen molar-refractivity contribution in [3.63, 3.8) is 0 Å². The van der Waals surface area contributed by atoms with Crippen molar-refractivity contribution in [2.24, 2.45) is 5.92 Å². The van der Waals surface area contributed by atoms with Crippen LogP contribution in [0.1, 0.15) is 30.4 Å². The average molecular weight is 297 g/mol. The van der Waals surface area contributed by atoms with Crippen molar-refractivity contribution < 1.29 is 4.79 Å². The lowest BCUT2D eigenvalue weighted by molar-refractivity contribution is -0.121. The van der Waals surface area contributed by atoms with Gasteiger partial charge in [0, 0.05) is 13.0 Å². The highest BCUT2D eigenvalue weighted by molar-refractivity contribution is 5.85. The molecule has 4 heteroatoms. The molecule has 1 saturated heterocycles. The summed E-state index contributed by atoms with van der Waals surface area (Å²) in [6.07, 6.45) is 3.78. The molecule has 1 atom stereocenters. The number of carbonyl (C=O) groups is 1. The summed E-state index contributed by atoms with van der Waals surface area (Å²) < 4.78 is 0. The molecule has 0 aliphatic carbocycles. The summed E-state index contributed by atoms with van der Waals surface area (Å²) in [6.45, 7) is 5.16. The van der Waals surface area contributed by atoms with E-state index in [1.54, 1.807) is 0 Å². The van der Waals surface area contributed by atoms with E-state index in [0.717, 1.165) is 38.4 Å². The lowest BCUT2D eigenvalue weighted by Gasteiger charge is -2.10. The van der Waals surface area contributed by atoms with Crippen molar-refractivity contribution in [3.8, 4) is 0 Å². The van der Waals surface area contributed by atoms with Crippen LogP contribution in [0.15, 0.2) is 24.3 Å². The van der Waals surface area contributed by atoms with Crippen LogP contribution in [0.2, 0.25) is 0 Å². The summed E-state index contributed by atoms with van der Waals surface area (Å²) in [6, 6.07) is 8.27. The van der Waals surface area contributed by atoms with Gasteiger partial charge in [0.1, 0.15) is 0 Å². The molecule has 112 valence electrons. The molecule has 1 aromatic rings. The molecule has 2 rings (SSSR count). The highest BCUT2D eigenvalue weighted by Crippen LogP contribution is 2.11. The van der Waals surface area contributed by atoms with E-state index in [2.05, 4.69) is 29.7 Å². The van der Waals surface area contributed by atoms with E-state index in [1.807, 2.05) is 12.1 Å². The maximum absolute atomic E-state index is 11.8. The van der Waals surface area contributed by atoms with Crippen molar-refractivity contribution in [3.05, 3.63) is 35.4 Å². The van der Waals surface area contributed by atoms with Crippen LogP contribution in [0.5, 0.6) is 0 Å². The summed E-state index contributed by atoms with van der Waals surface area (Å²) in [5, 5.41) is 6.38. The third-order valence-corrected chi connectivity index (χ3v) is 3.92. The summed E-state index contributed by atoms with van der Waals surface area (Å²) in [7, 11) is 0. The Morgan fingerprint density at radius 2 is 2.20 bits per heavy atom. The highest BCUT2D eigenvalue weighted by atomic mass is 35.5. The lowest BCUT2D eigenvalue weighted by Crippen LogP contribution is -2.26. The van der Waals surface area contributed by atoms with Crippen LogP contribution in [0.25, 0.3) is 0 Å². The van der Waals surface area contributed by atoms with Gasteiger partial charge in [0.2, 0.25) is 5.91 Å². The molecule has 1 fully saturated rings. The minimum absolute atomic E-state index is 0. The van der Waals surface area contributed by atoms with Gasteiger partial charge in [0.15, 0.2) is 0 Å². The first-order valence-electron chi connectivity index (χ1n) is 7.27. The molecule has 0 aromatic heterocycles. The van der Waals surface area contributed by atoms with E-state index >= 15 is 0 Å². The Morgan fingerprint density at radius 1 is 1.40 bits per heavy atom. The smallest absolute Gasteiger partial charge is 0.220 e. The van der Waals surface area contributed by atoms with Crippen LogP contribution in [-0.4, -0.2) is 25.5 Å². The van der Waals surface area contributed by atoms with Gasteiger partial charge in [-0.2, -0.15) is 0 Å². The number of amides is 1. The second-order valence-corrected chi connectivity index (χ2v) is 5.42. The molecule has 1 amide bonds. The third kappa shape index (κ3) is 5.51. The first kappa shape index (κ1) is 17.0.